The number of hydrogen-bond acceptors (Lipinski definition) is 5. The minimum absolute atomic E-state index is 0.197. The summed E-state index contributed by atoms with van der Waals surface area (Å²) in [6.45, 7) is 0. The summed E-state index contributed by atoms with van der Waals surface area (Å²) in [7, 11) is 0. The molecule has 1 aliphatic rings. The molecule has 28 heavy (non-hydrogen) atoms. The first kappa shape index (κ1) is 18.9. The monoisotopic (exact) mass is 413 g/mol. The number of nitrogens with zero attached hydrogens (tertiary/aromatic N) is 2. The second kappa shape index (κ2) is 8.29. The Morgan fingerprint density at radius 3 is 2.68 bits per heavy atom. The molecule has 0 spiro atoms. The summed E-state index contributed by atoms with van der Waals surface area (Å²) in [5.74, 6) is 0.824. The van der Waals surface area contributed by atoms with E-state index in [4.69, 9.17) is 26.7 Å². The average Bonchev–Trinajstić information content (AvgIpc) is 3.31. The number of aromatic nitrogens is 2. The SMILES string of the molecule is O=C(O)CCCc1ccc(Nc2nc(-c3ccc(Cl)s3)nc3c2CCC3)cc1. The summed E-state index contributed by atoms with van der Waals surface area (Å²) >= 11 is 7.56. The highest BCUT2D eigenvalue weighted by Crippen LogP contribution is 2.34. The van der Waals surface area contributed by atoms with Gasteiger partial charge in [-0.05, 0) is 61.9 Å². The standard InChI is InChI=1S/C21H20ClN3O2S/c22-18-12-11-17(28-18)21-24-16-5-2-4-15(16)20(25-21)23-14-9-7-13(8-10-14)3-1-6-19(26)27/h7-12H,1-6H2,(H,26,27)(H,23,24,25). The highest BCUT2D eigenvalue weighted by molar-refractivity contribution is 7.19. The zero-order chi connectivity index (χ0) is 19.5. The number of anilines is 2. The molecule has 2 aromatic heterocycles. The van der Waals surface area contributed by atoms with Gasteiger partial charge in [0, 0.05) is 23.4 Å². The maximum Gasteiger partial charge on any atom is 0.303 e. The Labute approximate surface area is 172 Å². The number of carboxylic acid groups (broad SMARTS) is 1. The molecule has 0 unspecified atom stereocenters. The Hall–Kier alpha value is -2.44. The first-order chi connectivity index (χ1) is 13.6. The van der Waals surface area contributed by atoms with Crippen LogP contribution in [0.4, 0.5) is 11.5 Å². The predicted molar refractivity (Wildman–Crippen MR) is 113 cm³/mol. The van der Waals surface area contributed by atoms with E-state index >= 15 is 0 Å². The van der Waals surface area contributed by atoms with Crippen LogP contribution in [0.2, 0.25) is 4.34 Å². The Morgan fingerprint density at radius 1 is 1.14 bits per heavy atom. The van der Waals surface area contributed by atoms with Gasteiger partial charge in [0.15, 0.2) is 5.82 Å². The van der Waals surface area contributed by atoms with Crippen LogP contribution in [0.1, 0.15) is 36.1 Å². The molecule has 0 amide bonds. The molecule has 0 saturated heterocycles. The van der Waals surface area contributed by atoms with Crippen molar-refractivity contribution in [2.24, 2.45) is 0 Å². The van der Waals surface area contributed by atoms with Crippen LogP contribution in [-0.4, -0.2) is 21.0 Å². The van der Waals surface area contributed by atoms with Gasteiger partial charge in [0.2, 0.25) is 0 Å². The zero-order valence-corrected chi connectivity index (χ0v) is 16.8. The van der Waals surface area contributed by atoms with Crippen LogP contribution in [0.3, 0.4) is 0 Å². The van der Waals surface area contributed by atoms with Crippen LogP contribution in [0.5, 0.6) is 0 Å². The molecule has 2 heterocycles. The van der Waals surface area contributed by atoms with E-state index in [1.807, 2.05) is 36.4 Å². The van der Waals surface area contributed by atoms with Gasteiger partial charge in [0.25, 0.3) is 0 Å². The smallest absolute Gasteiger partial charge is 0.303 e. The van der Waals surface area contributed by atoms with Crippen LogP contribution in [-0.2, 0) is 24.1 Å². The molecule has 0 aliphatic heterocycles. The number of carbonyl (C=O) groups is 1. The Kier molecular flexibility index (Phi) is 5.59. The molecular weight excluding hydrogens is 394 g/mol. The van der Waals surface area contributed by atoms with E-state index in [1.165, 1.54) is 16.9 Å². The maximum atomic E-state index is 10.6. The van der Waals surface area contributed by atoms with Gasteiger partial charge in [-0.3, -0.25) is 4.79 Å². The van der Waals surface area contributed by atoms with E-state index in [0.29, 0.717) is 12.2 Å². The third-order valence-electron chi connectivity index (χ3n) is 4.80. The molecule has 7 heteroatoms. The van der Waals surface area contributed by atoms with Crippen LogP contribution >= 0.6 is 22.9 Å². The quantitative estimate of drug-likeness (QED) is 0.535. The van der Waals surface area contributed by atoms with Gasteiger partial charge in [-0.2, -0.15) is 0 Å². The lowest BCUT2D eigenvalue weighted by atomic mass is 10.1. The third-order valence-corrected chi connectivity index (χ3v) is 6.03. The van der Waals surface area contributed by atoms with E-state index in [2.05, 4.69) is 5.32 Å². The van der Waals surface area contributed by atoms with Crippen LogP contribution in [0, 0.1) is 0 Å². The fraction of sp³-hybridized carbons (Fsp3) is 0.286. The minimum atomic E-state index is -0.751. The van der Waals surface area contributed by atoms with E-state index < -0.39 is 5.97 Å². The van der Waals surface area contributed by atoms with Crippen molar-refractivity contribution in [2.45, 2.75) is 38.5 Å². The third kappa shape index (κ3) is 4.34. The van der Waals surface area contributed by atoms with Crippen molar-refractivity contribution in [1.82, 2.24) is 9.97 Å². The second-order valence-electron chi connectivity index (χ2n) is 6.85. The number of thiophene rings is 1. The highest BCUT2D eigenvalue weighted by Gasteiger charge is 2.20. The number of fused-ring (bicyclic) bond motifs is 1. The summed E-state index contributed by atoms with van der Waals surface area (Å²) in [5, 5.41) is 12.2. The summed E-state index contributed by atoms with van der Waals surface area (Å²) < 4.78 is 0.729. The molecule has 1 aliphatic carbocycles. The molecule has 0 fully saturated rings. The number of nitrogens with one attached hydrogen (secondary N) is 1. The van der Waals surface area contributed by atoms with E-state index in [9.17, 15) is 4.79 Å². The van der Waals surface area contributed by atoms with Crippen LogP contribution in [0.15, 0.2) is 36.4 Å². The molecule has 0 atom stereocenters. The van der Waals surface area contributed by atoms with Gasteiger partial charge in [0.1, 0.15) is 5.82 Å². The zero-order valence-electron chi connectivity index (χ0n) is 15.2. The molecular formula is C21H20ClN3O2S. The average molecular weight is 414 g/mol. The summed E-state index contributed by atoms with van der Waals surface area (Å²) in [6, 6.07) is 11.9. The van der Waals surface area contributed by atoms with Gasteiger partial charge in [-0.25, -0.2) is 9.97 Å². The number of halogens is 1. The van der Waals surface area contributed by atoms with Crippen molar-refractivity contribution >= 4 is 40.4 Å². The van der Waals surface area contributed by atoms with Crippen molar-refractivity contribution < 1.29 is 9.90 Å². The van der Waals surface area contributed by atoms with Crippen LogP contribution < -0.4 is 5.32 Å². The number of carboxylic acids is 1. The van der Waals surface area contributed by atoms with Gasteiger partial charge in [-0.15, -0.1) is 11.3 Å². The predicted octanol–water partition coefficient (Wildman–Crippen LogP) is 5.50. The molecule has 2 N–H and O–H groups in total. The van der Waals surface area contributed by atoms with E-state index in [0.717, 1.165) is 57.7 Å². The molecule has 3 aromatic rings. The molecule has 0 radical (unpaired) electrons. The molecule has 4 rings (SSSR count). The fourth-order valence-electron chi connectivity index (χ4n) is 3.42. The lowest BCUT2D eigenvalue weighted by Crippen LogP contribution is -2.03. The topological polar surface area (TPSA) is 75.1 Å². The minimum Gasteiger partial charge on any atom is -0.481 e. The number of aliphatic carboxylic acids is 1. The summed E-state index contributed by atoms with van der Waals surface area (Å²) in [4.78, 5) is 21.1. The van der Waals surface area contributed by atoms with Crippen molar-refractivity contribution in [2.75, 3.05) is 5.32 Å². The van der Waals surface area contributed by atoms with Gasteiger partial charge < -0.3 is 10.4 Å². The highest BCUT2D eigenvalue weighted by atomic mass is 35.5. The van der Waals surface area contributed by atoms with Crippen molar-refractivity contribution in [3.8, 4) is 10.7 Å². The van der Waals surface area contributed by atoms with Gasteiger partial charge in [-0.1, -0.05) is 23.7 Å². The molecule has 5 nitrogen and oxygen atoms in total. The molecule has 0 saturated carbocycles. The number of rotatable bonds is 7. The normalized spacial score (nSPS) is 12.8. The van der Waals surface area contributed by atoms with Gasteiger partial charge in [0.05, 0.1) is 9.21 Å². The molecule has 1 aromatic carbocycles. The lowest BCUT2D eigenvalue weighted by molar-refractivity contribution is -0.137. The van der Waals surface area contributed by atoms with Crippen molar-refractivity contribution in [1.29, 1.82) is 0 Å². The Morgan fingerprint density at radius 2 is 1.96 bits per heavy atom. The number of aryl methyl sites for hydroxylation is 2. The maximum absolute atomic E-state index is 10.6. The van der Waals surface area contributed by atoms with Crippen molar-refractivity contribution in [3.63, 3.8) is 0 Å². The Bertz CT molecular complexity index is 1000. The van der Waals surface area contributed by atoms with E-state index in [1.54, 1.807) is 0 Å². The largest absolute Gasteiger partial charge is 0.481 e. The van der Waals surface area contributed by atoms with Crippen molar-refractivity contribution in [3.05, 3.63) is 57.6 Å². The number of benzene rings is 1. The lowest BCUT2D eigenvalue weighted by Gasteiger charge is -2.12. The Balaban J connectivity index is 1.54. The summed E-state index contributed by atoms with van der Waals surface area (Å²) in [6.07, 6.45) is 4.66. The second-order valence-corrected chi connectivity index (χ2v) is 8.56. The molecule has 0 bridgehead atoms. The van der Waals surface area contributed by atoms with Gasteiger partial charge >= 0.3 is 5.97 Å². The fourth-order valence-corrected chi connectivity index (χ4v) is 4.39. The summed E-state index contributed by atoms with van der Waals surface area (Å²) in [5.41, 5.74) is 4.40. The first-order valence-corrected chi connectivity index (χ1v) is 10.5. The molecule has 144 valence electrons. The number of hydrogen-bond donors (Lipinski definition) is 2. The first-order valence-electron chi connectivity index (χ1n) is 9.32. The van der Waals surface area contributed by atoms with Crippen LogP contribution in [0.25, 0.3) is 10.7 Å². The van der Waals surface area contributed by atoms with E-state index in [-0.39, 0.29) is 6.42 Å².